The van der Waals surface area contributed by atoms with E-state index in [0.717, 1.165) is 0 Å². The fourth-order valence-electron chi connectivity index (χ4n) is 2.74. The third kappa shape index (κ3) is 5.88. The maximum Gasteiger partial charge on any atom is 0.335 e. The highest BCUT2D eigenvalue weighted by Gasteiger charge is 2.11. The number of hydrogen-bond acceptors (Lipinski definition) is 5. The van der Waals surface area contributed by atoms with E-state index in [2.05, 4.69) is 5.32 Å². The van der Waals surface area contributed by atoms with Crippen LogP contribution in [0.5, 0.6) is 11.5 Å². The Morgan fingerprint density at radius 3 is 2.50 bits per heavy atom. The Balaban J connectivity index is 1.70. The molecule has 0 aliphatic rings. The van der Waals surface area contributed by atoms with Gasteiger partial charge in [-0.15, -0.1) is 0 Å². The minimum atomic E-state index is -1.02. The summed E-state index contributed by atoms with van der Waals surface area (Å²) in [4.78, 5) is 23.4. The molecule has 0 bridgehead atoms. The number of nitrogens with one attached hydrogen (secondary N) is 1. The minimum Gasteiger partial charge on any atom is -0.508 e. The monoisotopic (exact) mass is 448 g/mol. The molecule has 0 atom stereocenters. The van der Waals surface area contributed by atoms with Crippen LogP contribution in [0.25, 0.3) is 6.08 Å². The lowest BCUT2D eigenvalue weighted by molar-refractivity contribution is -0.112. The highest BCUT2D eigenvalue weighted by atomic mass is 35.5. The van der Waals surface area contributed by atoms with Crippen molar-refractivity contribution in [2.75, 3.05) is 5.32 Å². The van der Waals surface area contributed by atoms with Crippen LogP contribution in [-0.4, -0.2) is 22.1 Å². The number of anilines is 1. The van der Waals surface area contributed by atoms with Gasteiger partial charge in [-0.3, -0.25) is 4.79 Å². The molecule has 160 valence electrons. The third-order valence-corrected chi connectivity index (χ3v) is 4.62. The molecule has 3 aromatic carbocycles. The molecule has 8 heteroatoms. The Bertz CT molecular complexity index is 1230. The zero-order valence-corrected chi connectivity index (χ0v) is 17.3. The van der Waals surface area contributed by atoms with Crippen LogP contribution in [0.3, 0.4) is 0 Å². The maximum atomic E-state index is 12.4. The number of phenols is 1. The highest BCUT2D eigenvalue weighted by Crippen LogP contribution is 2.27. The van der Waals surface area contributed by atoms with E-state index < -0.39 is 11.9 Å². The molecular formula is C24H17ClN2O5. The number of carboxylic acid groups (broad SMARTS) is 1. The molecule has 3 aromatic rings. The molecule has 0 saturated heterocycles. The van der Waals surface area contributed by atoms with Gasteiger partial charge in [0.05, 0.1) is 10.6 Å². The van der Waals surface area contributed by atoms with Crippen LogP contribution in [0.2, 0.25) is 5.02 Å². The van der Waals surface area contributed by atoms with Crippen molar-refractivity contribution < 1.29 is 24.5 Å². The SMILES string of the molecule is N#C/C(=C/c1ccc(OCc2cccc(C(=O)O)c2)c(Cl)c1)C(=O)Nc1ccc(O)cc1. The third-order valence-electron chi connectivity index (χ3n) is 4.33. The van der Waals surface area contributed by atoms with Crippen molar-refractivity contribution in [2.45, 2.75) is 6.61 Å². The van der Waals surface area contributed by atoms with Gasteiger partial charge in [0.1, 0.15) is 29.7 Å². The molecule has 0 radical (unpaired) electrons. The van der Waals surface area contributed by atoms with E-state index in [9.17, 15) is 20.0 Å². The van der Waals surface area contributed by atoms with Gasteiger partial charge in [0, 0.05) is 5.69 Å². The Hall–Kier alpha value is -4.28. The van der Waals surface area contributed by atoms with Crippen LogP contribution in [0.1, 0.15) is 21.5 Å². The number of halogens is 1. The molecule has 3 rings (SSSR count). The van der Waals surface area contributed by atoms with Gasteiger partial charge in [-0.05, 0) is 65.7 Å². The molecular weight excluding hydrogens is 432 g/mol. The Labute approximate surface area is 188 Å². The summed E-state index contributed by atoms with van der Waals surface area (Å²) in [6, 6.07) is 18.9. The average molecular weight is 449 g/mol. The van der Waals surface area contributed by atoms with E-state index >= 15 is 0 Å². The molecule has 3 N–H and O–H groups in total. The van der Waals surface area contributed by atoms with Crippen LogP contribution >= 0.6 is 11.6 Å². The maximum absolute atomic E-state index is 12.4. The van der Waals surface area contributed by atoms with Crippen LogP contribution < -0.4 is 10.1 Å². The normalized spacial score (nSPS) is 10.8. The number of rotatable bonds is 7. The van der Waals surface area contributed by atoms with Crippen molar-refractivity contribution in [3.63, 3.8) is 0 Å². The second-order valence-corrected chi connectivity index (χ2v) is 7.06. The summed E-state index contributed by atoms with van der Waals surface area (Å²) in [6.45, 7) is 0.120. The Morgan fingerprint density at radius 2 is 1.84 bits per heavy atom. The highest BCUT2D eigenvalue weighted by molar-refractivity contribution is 6.32. The molecule has 32 heavy (non-hydrogen) atoms. The summed E-state index contributed by atoms with van der Waals surface area (Å²) in [5.74, 6) is -1.20. The summed E-state index contributed by atoms with van der Waals surface area (Å²) < 4.78 is 5.67. The van der Waals surface area contributed by atoms with Crippen molar-refractivity contribution in [2.24, 2.45) is 0 Å². The minimum absolute atomic E-state index is 0.0607. The van der Waals surface area contributed by atoms with Crippen molar-refractivity contribution in [1.29, 1.82) is 5.26 Å². The van der Waals surface area contributed by atoms with Gasteiger partial charge >= 0.3 is 5.97 Å². The van der Waals surface area contributed by atoms with Gasteiger partial charge in [0.25, 0.3) is 5.91 Å². The number of hydrogen-bond donors (Lipinski definition) is 3. The molecule has 0 unspecified atom stereocenters. The standard InChI is InChI=1S/C24H17ClN2O5/c25-21-12-15(10-18(13-26)23(29)27-19-5-7-20(28)8-6-19)4-9-22(21)32-14-16-2-1-3-17(11-16)24(30)31/h1-12,28H,14H2,(H,27,29)(H,30,31)/b18-10-. The molecule has 0 fully saturated rings. The number of aromatic carboxylic acids is 1. The van der Waals surface area contributed by atoms with E-state index in [1.807, 2.05) is 6.07 Å². The summed E-state index contributed by atoms with van der Waals surface area (Å²) >= 11 is 6.27. The fraction of sp³-hybridized carbons (Fsp3) is 0.0417. The van der Waals surface area contributed by atoms with Crippen molar-refractivity contribution >= 4 is 35.2 Å². The van der Waals surface area contributed by atoms with Crippen LogP contribution in [-0.2, 0) is 11.4 Å². The van der Waals surface area contributed by atoms with Crippen LogP contribution in [0, 0.1) is 11.3 Å². The lowest BCUT2D eigenvalue weighted by Gasteiger charge is -2.09. The fourth-order valence-corrected chi connectivity index (χ4v) is 2.98. The first-order valence-corrected chi connectivity index (χ1v) is 9.70. The van der Waals surface area contributed by atoms with Gasteiger partial charge in [0.15, 0.2) is 0 Å². The molecule has 0 saturated carbocycles. The molecule has 0 spiro atoms. The first-order chi connectivity index (χ1) is 15.4. The van der Waals surface area contributed by atoms with Gasteiger partial charge < -0.3 is 20.3 Å². The number of ether oxygens (including phenoxy) is 1. The Morgan fingerprint density at radius 1 is 1.09 bits per heavy atom. The van der Waals surface area contributed by atoms with Crippen molar-refractivity contribution in [3.8, 4) is 17.6 Å². The zero-order chi connectivity index (χ0) is 23.1. The van der Waals surface area contributed by atoms with E-state index in [1.165, 1.54) is 42.5 Å². The van der Waals surface area contributed by atoms with E-state index in [1.54, 1.807) is 30.3 Å². The largest absolute Gasteiger partial charge is 0.508 e. The van der Waals surface area contributed by atoms with Gasteiger partial charge in [0.2, 0.25) is 0 Å². The zero-order valence-electron chi connectivity index (χ0n) is 16.6. The first-order valence-electron chi connectivity index (χ1n) is 9.32. The second-order valence-electron chi connectivity index (χ2n) is 6.65. The number of nitrogens with zero attached hydrogens (tertiary/aromatic N) is 1. The predicted octanol–water partition coefficient (Wildman–Crippen LogP) is 4.87. The number of amides is 1. The summed E-state index contributed by atoms with van der Waals surface area (Å²) in [5.41, 5.74) is 1.65. The number of nitriles is 1. The van der Waals surface area contributed by atoms with Crippen LogP contribution in [0.4, 0.5) is 5.69 Å². The molecule has 7 nitrogen and oxygen atoms in total. The predicted molar refractivity (Wildman–Crippen MR) is 120 cm³/mol. The molecule has 1 amide bonds. The average Bonchev–Trinajstić information content (AvgIpc) is 2.78. The molecule has 0 aliphatic carbocycles. The van der Waals surface area contributed by atoms with E-state index in [-0.39, 0.29) is 28.5 Å². The number of benzene rings is 3. The van der Waals surface area contributed by atoms with Crippen LogP contribution in [0.15, 0.2) is 72.3 Å². The smallest absolute Gasteiger partial charge is 0.335 e. The van der Waals surface area contributed by atoms with E-state index in [4.69, 9.17) is 21.4 Å². The number of aromatic hydroxyl groups is 1. The lowest BCUT2D eigenvalue weighted by atomic mass is 10.1. The summed E-state index contributed by atoms with van der Waals surface area (Å²) in [5, 5.41) is 30.6. The molecule has 0 aliphatic heterocycles. The van der Waals surface area contributed by atoms with Gasteiger partial charge in [-0.2, -0.15) is 5.26 Å². The number of carbonyl (C=O) groups excluding carboxylic acids is 1. The second kappa shape index (κ2) is 10.2. The number of carbonyl (C=O) groups is 2. The number of phenolic OH excluding ortho intramolecular Hbond substituents is 1. The quantitative estimate of drug-likeness (QED) is 0.269. The molecule has 0 aromatic heterocycles. The first kappa shape index (κ1) is 22.4. The van der Waals surface area contributed by atoms with Gasteiger partial charge in [-0.25, -0.2) is 4.79 Å². The topological polar surface area (TPSA) is 120 Å². The Kier molecular flexibility index (Phi) is 7.11. The van der Waals surface area contributed by atoms with E-state index in [0.29, 0.717) is 22.6 Å². The molecule has 0 heterocycles. The lowest BCUT2D eigenvalue weighted by Crippen LogP contribution is -2.13. The van der Waals surface area contributed by atoms with Gasteiger partial charge in [-0.1, -0.05) is 29.8 Å². The summed E-state index contributed by atoms with van der Waals surface area (Å²) in [7, 11) is 0. The number of carboxylic acids is 1. The van der Waals surface area contributed by atoms with Crippen molar-refractivity contribution in [1.82, 2.24) is 0 Å². The summed E-state index contributed by atoms with van der Waals surface area (Å²) in [6.07, 6.45) is 1.39. The van der Waals surface area contributed by atoms with Crippen molar-refractivity contribution in [3.05, 3.63) is 94.0 Å².